The van der Waals surface area contributed by atoms with E-state index in [0.29, 0.717) is 11.9 Å². The molecule has 1 unspecified atom stereocenters. The van der Waals surface area contributed by atoms with Crippen LogP contribution in [0.3, 0.4) is 0 Å². The highest BCUT2D eigenvalue weighted by Crippen LogP contribution is 2.26. The van der Waals surface area contributed by atoms with E-state index in [9.17, 15) is 0 Å². The second kappa shape index (κ2) is 7.32. The summed E-state index contributed by atoms with van der Waals surface area (Å²) >= 11 is 0. The third-order valence-electron chi connectivity index (χ3n) is 4.62. The topological polar surface area (TPSA) is 67.7 Å². The lowest BCUT2D eigenvalue weighted by molar-refractivity contribution is 0.556. The largest absolute Gasteiger partial charge is 0.351 e. The van der Waals surface area contributed by atoms with E-state index in [1.807, 2.05) is 18.5 Å². The first-order valence-corrected chi connectivity index (χ1v) is 9.20. The molecule has 0 radical (unpaired) electrons. The summed E-state index contributed by atoms with van der Waals surface area (Å²) in [6.45, 7) is 12.8. The maximum atomic E-state index is 4.74. The number of fused-ring (bicyclic) bond motifs is 1. The van der Waals surface area contributed by atoms with E-state index < -0.39 is 0 Å². The van der Waals surface area contributed by atoms with Crippen LogP contribution < -0.4 is 10.6 Å². The second-order valence-corrected chi connectivity index (χ2v) is 7.49. The lowest BCUT2D eigenvalue weighted by Gasteiger charge is -2.18. The molecule has 6 heteroatoms. The van der Waals surface area contributed by atoms with Gasteiger partial charge in [-0.3, -0.25) is 0 Å². The summed E-state index contributed by atoms with van der Waals surface area (Å²) in [5.74, 6) is 1.83. The zero-order valence-electron chi connectivity index (χ0n) is 16.4. The number of nitrogens with zero attached hydrogens (tertiary/aromatic N) is 4. The summed E-state index contributed by atoms with van der Waals surface area (Å²) in [7, 11) is 0. The highest BCUT2D eigenvalue weighted by atomic mass is 15.2. The van der Waals surface area contributed by atoms with Crippen LogP contribution >= 0.6 is 0 Å². The Labute approximate surface area is 155 Å². The van der Waals surface area contributed by atoms with E-state index in [1.165, 1.54) is 5.56 Å². The van der Waals surface area contributed by atoms with Crippen molar-refractivity contribution in [1.82, 2.24) is 19.5 Å². The molecule has 2 aromatic heterocycles. The molecule has 1 aromatic carbocycles. The van der Waals surface area contributed by atoms with Gasteiger partial charge in [-0.25, -0.2) is 4.98 Å². The van der Waals surface area contributed by atoms with Gasteiger partial charge in [0, 0.05) is 17.8 Å². The van der Waals surface area contributed by atoms with Gasteiger partial charge in [0.15, 0.2) is 17.0 Å². The van der Waals surface area contributed by atoms with Crippen LogP contribution in [0.1, 0.15) is 46.2 Å². The third kappa shape index (κ3) is 3.79. The Kier molecular flexibility index (Phi) is 5.11. The average Bonchev–Trinajstić information content (AvgIpc) is 2.99. The Bertz CT molecular complexity index is 896. The van der Waals surface area contributed by atoms with Crippen LogP contribution in [0.25, 0.3) is 11.2 Å². The molecule has 26 heavy (non-hydrogen) atoms. The first-order valence-electron chi connectivity index (χ1n) is 9.20. The van der Waals surface area contributed by atoms with Crippen molar-refractivity contribution in [2.45, 2.75) is 53.6 Å². The number of aryl methyl sites for hydroxylation is 1. The van der Waals surface area contributed by atoms with Crippen molar-refractivity contribution in [3.05, 3.63) is 36.2 Å². The van der Waals surface area contributed by atoms with Crippen LogP contribution in [0.5, 0.6) is 0 Å². The standard InChI is InChI=1S/C20H28N6/c1-12(2)15(6)22-20-24-18(23-16-9-7-8-14(5)10-16)17-19(25-20)26(11-21-17)13(3)4/h7-13,15H,1-6H3,(H2,22,23,24,25). The molecule has 0 fully saturated rings. The first-order chi connectivity index (χ1) is 12.3. The van der Waals surface area contributed by atoms with Gasteiger partial charge in [0.1, 0.15) is 0 Å². The monoisotopic (exact) mass is 352 g/mol. The van der Waals surface area contributed by atoms with Gasteiger partial charge >= 0.3 is 0 Å². The molecule has 138 valence electrons. The number of imidazole rings is 1. The van der Waals surface area contributed by atoms with Crippen molar-refractivity contribution < 1.29 is 0 Å². The number of hydrogen-bond acceptors (Lipinski definition) is 5. The van der Waals surface area contributed by atoms with E-state index >= 15 is 0 Å². The summed E-state index contributed by atoms with van der Waals surface area (Å²) < 4.78 is 2.07. The average molecular weight is 352 g/mol. The molecule has 0 aliphatic heterocycles. The van der Waals surface area contributed by atoms with Gasteiger partial charge in [0.05, 0.1) is 6.33 Å². The number of benzene rings is 1. The minimum absolute atomic E-state index is 0.273. The Hall–Kier alpha value is -2.63. The normalized spacial score (nSPS) is 12.8. The lowest BCUT2D eigenvalue weighted by Crippen LogP contribution is -2.23. The summed E-state index contributed by atoms with van der Waals surface area (Å²) in [4.78, 5) is 14.0. The molecule has 0 bridgehead atoms. The van der Waals surface area contributed by atoms with Gasteiger partial charge in [0.2, 0.25) is 5.95 Å². The van der Waals surface area contributed by atoms with E-state index in [1.54, 1.807) is 0 Å². The Morgan fingerprint density at radius 2 is 1.81 bits per heavy atom. The molecule has 0 amide bonds. The zero-order chi connectivity index (χ0) is 18.8. The van der Waals surface area contributed by atoms with Gasteiger partial charge < -0.3 is 15.2 Å². The number of hydrogen-bond donors (Lipinski definition) is 2. The van der Waals surface area contributed by atoms with Crippen molar-refractivity contribution in [2.75, 3.05) is 10.6 Å². The predicted molar refractivity (Wildman–Crippen MR) is 108 cm³/mol. The van der Waals surface area contributed by atoms with Crippen LogP contribution in [0.2, 0.25) is 0 Å². The van der Waals surface area contributed by atoms with Crippen LogP contribution in [0, 0.1) is 12.8 Å². The molecule has 1 atom stereocenters. The van der Waals surface area contributed by atoms with Gasteiger partial charge in [-0.15, -0.1) is 0 Å². The fourth-order valence-electron chi connectivity index (χ4n) is 2.68. The van der Waals surface area contributed by atoms with Crippen LogP contribution in [-0.4, -0.2) is 25.6 Å². The first kappa shape index (κ1) is 18.2. The van der Waals surface area contributed by atoms with Crippen molar-refractivity contribution >= 4 is 28.6 Å². The van der Waals surface area contributed by atoms with Gasteiger partial charge in [0.25, 0.3) is 0 Å². The number of rotatable bonds is 6. The molecule has 0 spiro atoms. The summed E-state index contributed by atoms with van der Waals surface area (Å²) in [6.07, 6.45) is 1.83. The molecule has 0 saturated heterocycles. The molecule has 3 aromatic rings. The molecule has 0 saturated carbocycles. The Morgan fingerprint density at radius 1 is 1.04 bits per heavy atom. The SMILES string of the molecule is Cc1cccc(Nc2nc(NC(C)C(C)C)nc3c2ncn3C(C)C)c1. The van der Waals surface area contributed by atoms with Crippen molar-refractivity contribution in [1.29, 1.82) is 0 Å². The Morgan fingerprint density at radius 3 is 2.46 bits per heavy atom. The van der Waals surface area contributed by atoms with Crippen molar-refractivity contribution in [3.63, 3.8) is 0 Å². The van der Waals surface area contributed by atoms with Gasteiger partial charge in [-0.05, 0) is 51.3 Å². The van der Waals surface area contributed by atoms with E-state index in [2.05, 4.69) is 73.9 Å². The molecule has 0 aliphatic rings. The number of anilines is 3. The second-order valence-electron chi connectivity index (χ2n) is 7.49. The van der Waals surface area contributed by atoms with Gasteiger partial charge in [-0.1, -0.05) is 26.0 Å². The van der Waals surface area contributed by atoms with Gasteiger partial charge in [-0.2, -0.15) is 9.97 Å². The predicted octanol–water partition coefficient (Wildman–Crippen LogP) is 4.92. The van der Waals surface area contributed by atoms with E-state index in [0.717, 1.165) is 22.7 Å². The minimum Gasteiger partial charge on any atom is -0.351 e. The smallest absolute Gasteiger partial charge is 0.227 e. The Balaban J connectivity index is 2.07. The van der Waals surface area contributed by atoms with E-state index in [-0.39, 0.29) is 12.1 Å². The quantitative estimate of drug-likeness (QED) is 0.659. The molecule has 0 aliphatic carbocycles. The fraction of sp³-hybridized carbons (Fsp3) is 0.450. The molecule has 6 nitrogen and oxygen atoms in total. The van der Waals surface area contributed by atoms with E-state index in [4.69, 9.17) is 9.97 Å². The van der Waals surface area contributed by atoms with Crippen LogP contribution in [0.4, 0.5) is 17.5 Å². The van der Waals surface area contributed by atoms with Crippen LogP contribution in [0.15, 0.2) is 30.6 Å². The molecule has 3 rings (SSSR count). The lowest BCUT2D eigenvalue weighted by atomic mass is 10.1. The highest BCUT2D eigenvalue weighted by Gasteiger charge is 2.17. The molecular formula is C20H28N6. The molecule has 2 heterocycles. The maximum absolute atomic E-state index is 4.74. The number of nitrogens with one attached hydrogen (secondary N) is 2. The van der Waals surface area contributed by atoms with Crippen molar-refractivity contribution in [3.8, 4) is 0 Å². The summed E-state index contributed by atoms with van der Waals surface area (Å²) in [5, 5.41) is 6.84. The maximum Gasteiger partial charge on any atom is 0.227 e. The number of aromatic nitrogens is 4. The molecule has 2 N–H and O–H groups in total. The zero-order valence-corrected chi connectivity index (χ0v) is 16.4. The summed E-state index contributed by atoms with van der Waals surface area (Å²) in [5.41, 5.74) is 3.80. The minimum atomic E-state index is 0.273. The summed E-state index contributed by atoms with van der Waals surface area (Å²) in [6, 6.07) is 8.78. The van der Waals surface area contributed by atoms with Crippen molar-refractivity contribution in [2.24, 2.45) is 5.92 Å². The third-order valence-corrected chi connectivity index (χ3v) is 4.62. The molecular weight excluding hydrogens is 324 g/mol. The fourth-order valence-corrected chi connectivity index (χ4v) is 2.68. The van der Waals surface area contributed by atoms with Crippen LogP contribution in [-0.2, 0) is 0 Å². The highest BCUT2D eigenvalue weighted by molar-refractivity contribution is 5.86.